The van der Waals surface area contributed by atoms with E-state index in [0.717, 1.165) is 36.5 Å². The summed E-state index contributed by atoms with van der Waals surface area (Å²) in [6, 6.07) is 5.02. The van der Waals surface area contributed by atoms with E-state index in [4.69, 9.17) is 0 Å². The average molecular weight is 325 g/mol. The number of hydrogen-bond acceptors (Lipinski definition) is 4. The van der Waals surface area contributed by atoms with Crippen LogP contribution in [0.3, 0.4) is 0 Å². The average Bonchev–Trinajstić information content (AvgIpc) is 2.39. The maximum absolute atomic E-state index is 12.4. The van der Waals surface area contributed by atoms with E-state index >= 15 is 0 Å². The van der Waals surface area contributed by atoms with E-state index in [1.165, 1.54) is 12.1 Å². The molecule has 112 valence electrons. The highest BCUT2D eigenvalue weighted by Gasteiger charge is 2.46. The lowest BCUT2D eigenvalue weighted by atomic mass is 10.1. The molecular weight excluding hydrogens is 311 g/mol. The molecule has 8 heteroatoms. The molecule has 3 nitrogen and oxygen atoms in total. The molecule has 0 unspecified atom stereocenters. The molecule has 0 bridgehead atoms. The van der Waals surface area contributed by atoms with Crippen LogP contribution in [0.1, 0.15) is 12.8 Å². The molecule has 0 aromatic heterocycles. The number of sulfone groups is 1. The minimum Gasteiger partial charge on any atom is -0.382 e. The van der Waals surface area contributed by atoms with Crippen LogP contribution in [-0.2, 0) is 9.84 Å². The third kappa shape index (κ3) is 3.41. The van der Waals surface area contributed by atoms with Gasteiger partial charge in [0, 0.05) is 11.7 Å². The first-order chi connectivity index (χ1) is 9.30. The van der Waals surface area contributed by atoms with Crippen LogP contribution in [0, 0.1) is 0 Å². The summed E-state index contributed by atoms with van der Waals surface area (Å²) < 4.78 is 59.6. The SMILES string of the molecule is O=S(=O)(c1ccc(NC2CCSCC2)cc1)C(F)(F)F. The van der Waals surface area contributed by atoms with Gasteiger partial charge < -0.3 is 5.32 Å². The normalized spacial score (nSPS) is 17.9. The summed E-state index contributed by atoms with van der Waals surface area (Å²) >= 11 is 1.87. The van der Waals surface area contributed by atoms with Crippen molar-refractivity contribution in [2.75, 3.05) is 16.8 Å². The van der Waals surface area contributed by atoms with Gasteiger partial charge in [-0.1, -0.05) is 0 Å². The van der Waals surface area contributed by atoms with Crippen molar-refractivity contribution in [1.29, 1.82) is 0 Å². The van der Waals surface area contributed by atoms with Gasteiger partial charge >= 0.3 is 5.51 Å². The third-order valence-electron chi connectivity index (χ3n) is 3.06. The maximum Gasteiger partial charge on any atom is 0.501 e. The summed E-state index contributed by atoms with van der Waals surface area (Å²) in [5.41, 5.74) is -4.62. The molecule has 1 N–H and O–H groups in total. The third-order valence-corrected chi connectivity index (χ3v) is 5.61. The molecule has 0 aliphatic carbocycles. The standard InChI is InChI=1S/C12H14F3NO2S2/c13-12(14,15)20(17,18)11-3-1-9(2-4-11)16-10-5-7-19-8-6-10/h1-4,10,16H,5-8H2. The largest absolute Gasteiger partial charge is 0.501 e. The van der Waals surface area contributed by atoms with Crippen molar-refractivity contribution in [2.24, 2.45) is 0 Å². The molecule has 0 atom stereocenters. The molecular formula is C12H14F3NO2S2. The lowest BCUT2D eigenvalue weighted by Crippen LogP contribution is -2.25. The van der Waals surface area contributed by atoms with Crippen molar-refractivity contribution >= 4 is 27.3 Å². The predicted octanol–water partition coefficient (Wildman–Crippen LogP) is 3.29. The maximum atomic E-state index is 12.4. The topological polar surface area (TPSA) is 46.2 Å². The van der Waals surface area contributed by atoms with Crippen molar-refractivity contribution in [2.45, 2.75) is 29.3 Å². The number of anilines is 1. The van der Waals surface area contributed by atoms with Crippen LogP contribution in [0.5, 0.6) is 0 Å². The van der Waals surface area contributed by atoms with Crippen molar-refractivity contribution in [3.05, 3.63) is 24.3 Å². The first-order valence-electron chi connectivity index (χ1n) is 6.06. The Bertz CT molecular complexity index is 549. The minimum absolute atomic E-state index is 0.293. The van der Waals surface area contributed by atoms with Crippen LogP contribution in [0.2, 0.25) is 0 Å². The number of nitrogens with one attached hydrogen (secondary N) is 1. The molecule has 0 saturated carbocycles. The lowest BCUT2D eigenvalue weighted by molar-refractivity contribution is -0.0436. The van der Waals surface area contributed by atoms with E-state index in [9.17, 15) is 21.6 Å². The number of rotatable bonds is 3. The molecule has 0 radical (unpaired) electrons. The summed E-state index contributed by atoms with van der Waals surface area (Å²) in [5.74, 6) is 2.11. The fourth-order valence-corrected chi connectivity index (χ4v) is 3.81. The minimum atomic E-state index is -5.26. The van der Waals surface area contributed by atoms with Gasteiger partial charge in [-0.25, -0.2) is 8.42 Å². The van der Waals surface area contributed by atoms with Crippen molar-refractivity contribution in [1.82, 2.24) is 0 Å². The fraction of sp³-hybridized carbons (Fsp3) is 0.500. The van der Waals surface area contributed by atoms with E-state index in [2.05, 4.69) is 5.32 Å². The van der Waals surface area contributed by atoms with Gasteiger partial charge in [0.25, 0.3) is 9.84 Å². The molecule has 1 fully saturated rings. The molecule has 0 spiro atoms. The van der Waals surface area contributed by atoms with Crippen LogP contribution >= 0.6 is 11.8 Å². The van der Waals surface area contributed by atoms with Gasteiger partial charge in [-0.05, 0) is 48.6 Å². The first kappa shape index (κ1) is 15.5. The summed E-state index contributed by atoms with van der Waals surface area (Å²) in [5, 5.41) is 3.21. The number of alkyl halides is 3. The van der Waals surface area contributed by atoms with Gasteiger partial charge in [0.05, 0.1) is 4.90 Å². The number of halogens is 3. The molecule has 1 saturated heterocycles. The second-order valence-electron chi connectivity index (χ2n) is 4.50. The number of benzene rings is 1. The zero-order valence-corrected chi connectivity index (χ0v) is 12.1. The van der Waals surface area contributed by atoms with E-state index in [1.54, 1.807) is 0 Å². The van der Waals surface area contributed by atoms with Crippen LogP contribution < -0.4 is 5.32 Å². The lowest BCUT2D eigenvalue weighted by Gasteiger charge is -2.23. The zero-order chi connectivity index (χ0) is 14.8. The van der Waals surface area contributed by atoms with Gasteiger partial charge in [0.15, 0.2) is 0 Å². The Morgan fingerprint density at radius 2 is 1.65 bits per heavy atom. The second kappa shape index (κ2) is 5.85. The predicted molar refractivity (Wildman–Crippen MR) is 73.7 cm³/mol. The number of thioether (sulfide) groups is 1. The van der Waals surface area contributed by atoms with E-state index in [-0.39, 0.29) is 0 Å². The highest BCUT2D eigenvalue weighted by Crippen LogP contribution is 2.31. The Kier molecular flexibility index (Phi) is 4.53. The molecule has 0 amide bonds. The van der Waals surface area contributed by atoms with E-state index in [0.29, 0.717) is 11.7 Å². The molecule has 1 aromatic carbocycles. The Morgan fingerprint density at radius 1 is 1.10 bits per heavy atom. The molecule has 1 heterocycles. The fourth-order valence-electron chi connectivity index (χ4n) is 1.94. The smallest absolute Gasteiger partial charge is 0.382 e. The van der Waals surface area contributed by atoms with Gasteiger partial charge in [-0.2, -0.15) is 24.9 Å². The second-order valence-corrected chi connectivity index (χ2v) is 7.67. The van der Waals surface area contributed by atoms with Gasteiger partial charge in [0.1, 0.15) is 0 Å². The van der Waals surface area contributed by atoms with Crippen molar-refractivity contribution in [3.63, 3.8) is 0 Å². The van der Waals surface area contributed by atoms with Gasteiger partial charge in [-0.15, -0.1) is 0 Å². The van der Waals surface area contributed by atoms with Gasteiger partial charge in [0.2, 0.25) is 0 Å². The van der Waals surface area contributed by atoms with Crippen molar-refractivity contribution in [3.8, 4) is 0 Å². The molecule has 20 heavy (non-hydrogen) atoms. The number of hydrogen-bond donors (Lipinski definition) is 1. The van der Waals surface area contributed by atoms with E-state index in [1.807, 2.05) is 11.8 Å². The quantitative estimate of drug-likeness (QED) is 0.926. The van der Waals surface area contributed by atoms with Crippen LogP contribution in [0.15, 0.2) is 29.2 Å². The Labute approximate surface area is 119 Å². The van der Waals surface area contributed by atoms with E-state index < -0.39 is 20.2 Å². The summed E-state index contributed by atoms with van der Waals surface area (Å²) in [4.78, 5) is -0.727. The van der Waals surface area contributed by atoms with Crippen LogP contribution in [-0.4, -0.2) is 31.5 Å². The van der Waals surface area contributed by atoms with Crippen LogP contribution in [0.4, 0.5) is 18.9 Å². The van der Waals surface area contributed by atoms with Crippen LogP contribution in [0.25, 0.3) is 0 Å². The van der Waals surface area contributed by atoms with Gasteiger partial charge in [-0.3, -0.25) is 0 Å². The Balaban J connectivity index is 2.10. The Morgan fingerprint density at radius 3 is 2.15 bits per heavy atom. The molecule has 1 aliphatic rings. The summed E-state index contributed by atoms with van der Waals surface area (Å²) in [6.07, 6.45) is 1.99. The zero-order valence-electron chi connectivity index (χ0n) is 10.5. The molecule has 1 aliphatic heterocycles. The highest BCUT2D eigenvalue weighted by atomic mass is 32.2. The van der Waals surface area contributed by atoms with Crippen molar-refractivity contribution < 1.29 is 21.6 Å². The Hall–Kier alpha value is -0.890. The highest BCUT2D eigenvalue weighted by molar-refractivity contribution is 7.99. The summed E-state index contributed by atoms with van der Waals surface area (Å²) in [7, 11) is -5.26. The summed E-state index contributed by atoms with van der Waals surface area (Å²) in [6.45, 7) is 0. The molecule has 2 rings (SSSR count). The first-order valence-corrected chi connectivity index (χ1v) is 8.70. The monoisotopic (exact) mass is 325 g/mol. The molecule has 1 aromatic rings.